The first kappa shape index (κ1) is 20.6. The Bertz CT molecular complexity index is 1200. The molecule has 0 N–H and O–H groups in total. The summed E-state index contributed by atoms with van der Waals surface area (Å²) >= 11 is 1.95. The van der Waals surface area contributed by atoms with Gasteiger partial charge in [0.1, 0.15) is 0 Å². The van der Waals surface area contributed by atoms with Gasteiger partial charge in [-0.2, -0.15) is 0 Å². The van der Waals surface area contributed by atoms with Crippen molar-refractivity contribution in [2.45, 2.75) is 64.2 Å². The van der Waals surface area contributed by atoms with Gasteiger partial charge >= 0.3 is 0 Å². The first-order valence-corrected chi connectivity index (χ1v) is 12.5. The van der Waals surface area contributed by atoms with Crippen molar-refractivity contribution in [2.75, 3.05) is 11.9 Å². The van der Waals surface area contributed by atoms with Gasteiger partial charge in [0.05, 0.1) is 10.4 Å². The largest absolute Gasteiger partial charge is 0.343 e. The average molecular weight is 428 g/mol. The number of thiophene rings is 1. The molecule has 0 spiro atoms. The fraction of sp³-hybridized carbons (Fsp3) is 0.379. The Labute approximate surface area is 190 Å². The van der Waals surface area contributed by atoms with Crippen LogP contribution in [0.25, 0.3) is 20.2 Å². The first-order chi connectivity index (χ1) is 14.9. The number of hydrogen-bond acceptors (Lipinski definition) is 2. The van der Waals surface area contributed by atoms with Crippen molar-refractivity contribution in [1.82, 2.24) is 0 Å². The van der Waals surface area contributed by atoms with Gasteiger partial charge in [-0.25, -0.2) is 0 Å². The number of nitrogens with zero attached hydrogens (tertiary/aromatic N) is 1. The Morgan fingerprint density at radius 3 is 2.10 bits per heavy atom. The normalized spacial score (nSPS) is 15.6. The Balaban J connectivity index is 1.55. The molecule has 31 heavy (non-hydrogen) atoms. The van der Waals surface area contributed by atoms with Crippen LogP contribution in [0.4, 0.5) is 11.4 Å². The molecule has 1 saturated carbocycles. The number of hydrogen-bond donors (Lipinski definition) is 0. The highest BCUT2D eigenvalue weighted by atomic mass is 32.1. The molecule has 0 aliphatic heterocycles. The molecule has 0 radical (unpaired) electrons. The summed E-state index contributed by atoms with van der Waals surface area (Å²) in [4.78, 5) is 2.36. The summed E-state index contributed by atoms with van der Waals surface area (Å²) in [6, 6.07) is 22.9. The number of anilines is 2. The van der Waals surface area contributed by atoms with Gasteiger partial charge in [0.25, 0.3) is 0 Å². The Kier molecular flexibility index (Phi) is 5.30. The third-order valence-electron chi connectivity index (χ3n) is 7.03. The summed E-state index contributed by atoms with van der Waals surface area (Å²) < 4.78 is 2.81. The van der Waals surface area contributed by atoms with Crippen LogP contribution in [-0.4, -0.2) is 7.05 Å². The van der Waals surface area contributed by atoms with Crippen LogP contribution in [0.15, 0.2) is 60.7 Å². The topological polar surface area (TPSA) is 3.24 Å². The van der Waals surface area contributed by atoms with Gasteiger partial charge in [-0.05, 0) is 53.5 Å². The van der Waals surface area contributed by atoms with Gasteiger partial charge in [-0.15, -0.1) is 11.3 Å². The van der Waals surface area contributed by atoms with Gasteiger partial charge in [-0.3, -0.25) is 0 Å². The minimum absolute atomic E-state index is 0.140. The Morgan fingerprint density at radius 2 is 1.42 bits per heavy atom. The Hall–Kier alpha value is -2.32. The van der Waals surface area contributed by atoms with Crippen molar-refractivity contribution in [2.24, 2.45) is 0 Å². The lowest BCUT2D eigenvalue weighted by molar-refractivity contribution is 0.443. The maximum Gasteiger partial charge on any atom is 0.0592 e. The zero-order valence-corrected chi connectivity index (χ0v) is 20.1. The molecule has 0 unspecified atom stereocenters. The summed E-state index contributed by atoms with van der Waals surface area (Å²) in [7, 11) is 2.21. The van der Waals surface area contributed by atoms with Gasteiger partial charge in [0.2, 0.25) is 0 Å². The van der Waals surface area contributed by atoms with E-state index in [1.807, 2.05) is 11.3 Å². The van der Waals surface area contributed by atoms with Crippen molar-refractivity contribution in [1.29, 1.82) is 0 Å². The van der Waals surface area contributed by atoms with Crippen molar-refractivity contribution in [3.63, 3.8) is 0 Å². The van der Waals surface area contributed by atoms with E-state index in [0.29, 0.717) is 0 Å². The van der Waals surface area contributed by atoms with Crippen molar-refractivity contribution in [3.8, 4) is 0 Å². The van der Waals surface area contributed by atoms with E-state index >= 15 is 0 Å². The molecule has 1 nitrogen and oxygen atoms in total. The molecular weight excluding hydrogens is 394 g/mol. The van der Waals surface area contributed by atoms with Crippen LogP contribution in [0.3, 0.4) is 0 Å². The quantitative estimate of drug-likeness (QED) is 0.315. The van der Waals surface area contributed by atoms with Crippen LogP contribution in [-0.2, 0) is 5.41 Å². The predicted octanol–water partition coefficient (Wildman–Crippen LogP) is 9.17. The summed E-state index contributed by atoms with van der Waals surface area (Å²) in [5, 5.41) is 2.75. The first-order valence-electron chi connectivity index (χ1n) is 11.7. The number of benzene rings is 3. The molecule has 4 aromatic rings. The maximum absolute atomic E-state index is 2.37. The summed E-state index contributed by atoms with van der Waals surface area (Å²) in [5.41, 5.74) is 5.66. The van der Waals surface area contributed by atoms with Crippen molar-refractivity contribution >= 4 is 42.9 Å². The van der Waals surface area contributed by atoms with Crippen molar-refractivity contribution < 1.29 is 0 Å². The second kappa shape index (κ2) is 7.98. The van der Waals surface area contributed by atoms with Crippen LogP contribution < -0.4 is 4.90 Å². The molecule has 2 heteroatoms. The molecule has 1 aliphatic carbocycles. The zero-order chi connectivity index (χ0) is 21.6. The number of fused-ring (bicyclic) bond motifs is 3. The molecule has 5 rings (SSSR count). The molecule has 0 saturated heterocycles. The highest BCUT2D eigenvalue weighted by molar-refractivity contribution is 7.26. The zero-order valence-electron chi connectivity index (χ0n) is 19.2. The van der Waals surface area contributed by atoms with Crippen LogP contribution in [0.5, 0.6) is 0 Å². The summed E-state index contributed by atoms with van der Waals surface area (Å²) in [6.07, 6.45) is 6.89. The van der Waals surface area contributed by atoms with Gasteiger partial charge < -0.3 is 4.90 Å². The molecule has 1 aromatic heterocycles. The van der Waals surface area contributed by atoms with E-state index in [1.165, 1.54) is 74.8 Å². The lowest BCUT2D eigenvalue weighted by Crippen LogP contribution is -2.10. The molecule has 0 atom stereocenters. The minimum Gasteiger partial charge on any atom is -0.343 e. The lowest BCUT2D eigenvalue weighted by atomic mass is 9.84. The van der Waals surface area contributed by atoms with Crippen LogP contribution in [0.2, 0.25) is 0 Å². The predicted molar refractivity (Wildman–Crippen MR) is 138 cm³/mol. The molecule has 1 aliphatic rings. The molecule has 160 valence electrons. The average Bonchev–Trinajstić information content (AvgIpc) is 3.17. The summed E-state index contributed by atoms with van der Waals surface area (Å²) in [5.74, 6) is 0.759. The maximum atomic E-state index is 2.37. The smallest absolute Gasteiger partial charge is 0.0592 e. The monoisotopic (exact) mass is 427 g/mol. The van der Waals surface area contributed by atoms with Gasteiger partial charge in [0.15, 0.2) is 0 Å². The van der Waals surface area contributed by atoms with Gasteiger partial charge in [0, 0.05) is 28.2 Å². The molecule has 1 heterocycles. The van der Waals surface area contributed by atoms with E-state index in [4.69, 9.17) is 0 Å². The third kappa shape index (κ3) is 3.76. The molecule has 1 fully saturated rings. The third-order valence-corrected chi connectivity index (χ3v) is 8.31. The van der Waals surface area contributed by atoms with Crippen LogP contribution >= 0.6 is 11.3 Å². The minimum atomic E-state index is 0.140. The Morgan fingerprint density at radius 1 is 0.774 bits per heavy atom. The second-order valence-corrected chi connectivity index (χ2v) is 11.2. The fourth-order valence-corrected chi connectivity index (χ4v) is 6.78. The van der Waals surface area contributed by atoms with E-state index in [9.17, 15) is 0 Å². The number of rotatable bonds is 3. The lowest BCUT2D eigenvalue weighted by Gasteiger charge is -2.24. The molecular formula is C29H33NS. The standard InChI is InChI=1S/C29H33NS/c1-29(2,3)25-14-8-12-23-24-13-9-15-26(28(24)31-27(23)25)30(4)22-18-16-21(17-19-22)20-10-6-5-7-11-20/h8-9,12-20H,5-7,10-11H2,1-4H3. The van der Waals surface area contributed by atoms with E-state index in [-0.39, 0.29) is 5.41 Å². The van der Waals surface area contributed by atoms with Crippen LogP contribution in [0, 0.1) is 0 Å². The van der Waals surface area contributed by atoms with E-state index in [1.54, 1.807) is 0 Å². The molecule has 0 bridgehead atoms. The van der Waals surface area contributed by atoms with E-state index in [2.05, 4.69) is 93.4 Å². The van der Waals surface area contributed by atoms with E-state index in [0.717, 1.165) is 5.92 Å². The SMILES string of the molecule is CN(c1ccc(C2CCCCC2)cc1)c1cccc2c1sc1c(C(C)(C)C)cccc12. The highest BCUT2D eigenvalue weighted by Crippen LogP contribution is 2.44. The molecule has 0 amide bonds. The van der Waals surface area contributed by atoms with E-state index < -0.39 is 0 Å². The highest BCUT2D eigenvalue weighted by Gasteiger charge is 2.21. The molecule has 3 aromatic carbocycles. The van der Waals surface area contributed by atoms with Gasteiger partial charge in [-0.1, -0.05) is 82.5 Å². The second-order valence-electron chi connectivity index (χ2n) is 10.2. The fourth-order valence-electron chi connectivity index (χ4n) is 5.21. The van der Waals surface area contributed by atoms with Crippen LogP contribution in [0.1, 0.15) is 69.9 Å². The van der Waals surface area contributed by atoms with Crippen molar-refractivity contribution in [3.05, 3.63) is 71.8 Å². The summed E-state index contributed by atoms with van der Waals surface area (Å²) in [6.45, 7) is 6.94.